The van der Waals surface area contributed by atoms with Crippen molar-refractivity contribution in [2.24, 2.45) is 0 Å². The Balaban J connectivity index is 1.87. The molecule has 0 amide bonds. The van der Waals surface area contributed by atoms with Crippen LogP contribution in [-0.4, -0.2) is 30.1 Å². The molecule has 1 unspecified atom stereocenters. The monoisotopic (exact) mass is 283 g/mol. The third-order valence-electron chi connectivity index (χ3n) is 5.34. The Morgan fingerprint density at radius 3 is 2.86 bits per heavy atom. The number of nitrogens with one attached hydrogen (secondary N) is 1. The fourth-order valence-corrected chi connectivity index (χ4v) is 4.19. The molecule has 2 fully saturated rings. The molecule has 1 spiro atoms. The predicted octanol–water partition coefficient (Wildman–Crippen LogP) is 3.23. The number of rotatable bonds is 2. The lowest BCUT2D eigenvalue weighted by Crippen LogP contribution is -2.62. The number of benzene rings is 1. The zero-order valence-corrected chi connectivity index (χ0v) is 12.9. The molecule has 1 heterocycles. The van der Waals surface area contributed by atoms with Crippen molar-refractivity contribution in [3.05, 3.63) is 35.4 Å². The Morgan fingerprint density at radius 2 is 2.10 bits per heavy atom. The van der Waals surface area contributed by atoms with Crippen molar-refractivity contribution in [3.63, 3.8) is 0 Å². The molecule has 1 aliphatic carbocycles. The molecular formula is C18H25N3. The maximum Gasteiger partial charge on any atom is 0.0991 e. The molecule has 3 heteroatoms. The molecule has 0 bridgehead atoms. The average Bonchev–Trinajstić information content (AvgIpc) is 2.55. The lowest BCUT2D eigenvalue weighted by atomic mass is 9.78. The van der Waals surface area contributed by atoms with Crippen molar-refractivity contribution in [2.75, 3.05) is 19.6 Å². The highest BCUT2D eigenvalue weighted by Gasteiger charge is 2.41. The van der Waals surface area contributed by atoms with Crippen LogP contribution >= 0.6 is 0 Å². The highest BCUT2D eigenvalue weighted by molar-refractivity contribution is 5.34. The second kappa shape index (κ2) is 6.17. The summed E-state index contributed by atoms with van der Waals surface area (Å²) in [5, 5.41) is 12.7. The van der Waals surface area contributed by atoms with Crippen molar-refractivity contribution in [1.82, 2.24) is 10.2 Å². The van der Waals surface area contributed by atoms with Gasteiger partial charge in [-0.25, -0.2) is 0 Å². The summed E-state index contributed by atoms with van der Waals surface area (Å²) in [6.45, 7) is 5.61. The first kappa shape index (κ1) is 14.6. The Labute approximate surface area is 128 Å². The molecular weight excluding hydrogens is 258 g/mol. The Bertz CT molecular complexity index is 517. The number of piperazine rings is 1. The maximum absolute atomic E-state index is 9.12. The van der Waals surface area contributed by atoms with Crippen LogP contribution in [0.25, 0.3) is 0 Å². The van der Waals surface area contributed by atoms with Gasteiger partial charge in [-0.05, 0) is 37.5 Å². The van der Waals surface area contributed by atoms with E-state index in [1.165, 1.54) is 37.7 Å². The third-order valence-corrected chi connectivity index (χ3v) is 5.34. The fourth-order valence-electron chi connectivity index (χ4n) is 4.19. The standard InChI is InChI=1S/C18H25N3/c1-15(17-7-5-6-16(12-17)13-19)21-11-10-20-14-18(21)8-3-2-4-9-18/h5-7,12,15,20H,2-4,8-11,14H2,1H3. The lowest BCUT2D eigenvalue weighted by molar-refractivity contribution is -0.00279. The molecule has 0 aromatic heterocycles. The van der Waals surface area contributed by atoms with Crippen LogP contribution in [0.3, 0.4) is 0 Å². The molecule has 21 heavy (non-hydrogen) atoms. The van der Waals surface area contributed by atoms with Gasteiger partial charge in [0.05, 0.1) is 11.6 Å². The summed E-state index contributed by atoms with van der Waals surface area (Å²) >= 11 is 0. The van der Waals surface area contributed by atoms with E-state index in [1.54, 1.807) is 0 Å². The van der Waals surface area contributed by atoms with Gasteiger partial charge in [-0.1, -0.05) is 31.4 Å². The van der Waals surface area contributed by atoms with Crippen LogP contribution in [-0.2, 0) is 0 Å². The van der Waals surface area contributed by atoms with Crippen LogP contribution in [0.15, 0.2) is 24.3 Å². The van der Waals surface area contributed by atoms with Crippen LogP contribution in [0, 0.1) is 11.3 Å². The third kappa shape index (κ3) is 2.84. The zero-order chi connectivity index (χ0) is 14.7. The van der Waals surface area contributed by atoms with Gasteiger partial charge in [0.2, 0.25) is 0 Å². The number of nitrogens with zero attached hydrogens (tertiary/aromatic N) is 2. The molecule has 1 N–H and O–H groups in total. The van der Waals surface area contributed by atoms with Crippen LogP contribution in [0.1, 0.15) is 56.2 Å². The van der Waals surface area contributed by atoms with E-state index in [9.17, 15) is 0 Å². The minimum atomic E-state index is 0.332. The predicted molar refractivity (Wildman–Crippen MR) is 85.0 cm³/mol. The Morgan fingerprint density at radius 1 is 1.29 bits per heavy atom. The van der Waals surface area contributed by atoms with Gasteiger partial charge in [-0.15, -0.1) is 0 Å². The summed E-state index contributed by atoms with van der Waals surface area (Å²) in [6, 6.07) is 10.8. The maximum atomic E-state index is 9.12. The molecule has 2 aliphatic rings. The minimum Gasteiger partial charge on any atom is -0.314 e. The largest absolute Gasteiger partial charge is 0.314 e. The number of hydrogen-bond acceptors (Lipinski definition) is 3. The summed E-state index contributed by atoms with van der Waals surface area (Å²) in [7, 11) is 0. The normalized spacial score (nSPS) is 23.6. The molecule has 1 saturated heterocycles. The van der Waals surface area contributed by atoms with Crippen LogP contribution < -0.4 is 5.32 Å². The second-order valence-corrected chi connectivity index (χ2v) is 6.57. The molecule has 0 radical (unpaired) electrons. The Hall–Kier alpha value is -1.37. The van der Waals surface area contributed by atoms with Crippen molar-refractivity contribution in [2.45, 2.75) is 50.6 Å². The SMILES string of the molecule is CC(c1cccc(C#N)c1)N1CCNCC12CCCCC2. The minimum absolute atomic E-state index is 0.332. The zero-order valence-electron chi connectivity index (χ0n) is 12.9. The lowest BCUT2D eigenvalue weighted by Gasteiger charge is -2.52. The summed E-state index contributed by atoms with van der Waals surface area (Å²) < 4.78 is 0. The summed E-state index contributed by atoms with van der Waals surface area (Å²) in [4.78, 5) is 2.71. The van der Waals surface area contributed by atoms with Gasteiger partial charge in [0, 0.05) is 31.2 Å². The topological polar surface area (TPSA) is 39.1 Å². The van der Waals surface area contributed by atoms with E-state index in [4.69, 9.17) is 5.26 Å². The van der Waals surface area contributed by atoms with E-state index in [0.717, 1.165) is 25.2 Å². The number of hydrogen-bond donors (Lipinski definition) is 1. The highest BCUT2D eigenvalue weighted by atomic mass is 15.3. The molecule has 3 nitrogen and oxygen atoms in total. The van der Waals surface area contributed by atoms with Crippen molar-refractivity contribution >= 4 is 0 Å². The van der Waals surface area contributed by atoms with Gasteiger partial charge in [0.1, 0.15) is 0 Å². The van der Waals surface area contributed by atoms with E-state index in [0.29, 0.717) is 11.6 Å². The smallest absolute Gasteiger partial charge is 0.0991 e. The molecule has 1 saturated carbocycles. The van der Waals surface area contributed by atoms with Crippen molar-refractivity contribution < 1.29 is 0 Å². The van der Waals surface area contributed by atoms with E-state index in [2.05, 4.69) is 35.3 Å². The van der Waals surface area contributed by atoms with Gasteiger partial charge in [-0.3, -0.25) is 4.90 Å². The van der Waals surface area contributed by atoms with E-state index in [1.807, 2.05) is 12.1 Å². The highest BCUT2D eigenvalue weighted by Crippen LogP contribution is 2.39. The van der Waals surface area contributed by atoms with Crippen LogP contribution in [0.5, 0.6) is 0 Å². The molecule has 3 rings (SSSR count). The van der Waals surface area contributed by atoms with E-state index < -0.39 is 0 Å². The van der Waals surface area contributed by atoms with E-state index in [-0.39, 0.29) is 0 Å². The number of nitriles is 1. The van der Waals surface area contributed by atoms with Gasteiger partial charge in [0.15, 0.2) is 0 Å². The molecule has 1 aliphatic heterocycles. The molecule has 112 valence electrons. The van der Waals surface area contributed by atoms with Gasteiger partial charge < -0.3 is 5.32 Å². The van der Waals surface area contributed by atoms with Crippen LogP contribution in [0.2, 0.25) is 0 Å². The second-order valence-electron chi connectivity index (χ2n) is 6.57. The molecule has 1 aromatic carbocycles. The summed E-state index contributed by atoms with van der Waals surface area (Å²) in [6.07, 6.45) is 6.70. The summed E-state index contributed by atoms with van der Waals surface area (Å²) in [5.74, 6) is 0. The van der Waals surface area contributed by atoms with Gasteiger partial charge >= 0.3 is 0 Å². The molecule has 1 atom stereocenters. The summed E-state index contributed by atoms with van der Waals surface area (Å²) in [5.41, 5.74) is 2.38. The van der Waals surface area contributed by atoms with Gasteiger partial charge in [-0.2, -0.15) is 5.26 Å². The fraction of sp³-hybridized carbons (Fsp3) is 0.611. The van der Waals surface area contributed by atoms with E-state index >= 15 is 0 Å². The molecule has 1 aromatic rings. The first-order valence-corrected chi connectivity index (χ1v) is 8.23. The van der Waals surface area contributed by atoms with Gasteiger partial charge in [0.25, 0.3) is 0 Å². The van der Waals surface area contributed by atoms with Crippen LogP contribution in [0.4, 0.5) is 0 Å². The van der Waals surface area contributed by atoms with Crippen molar-refractivity contribution in [3.8, 4) is 6.07 Å². The quantitative estimate of drug-likeness (QED) is 0.905. The Kier molecular flexibility index (Phi) is 4.28. The average molecular weight is 283 g/mol. The first-order chi connectivity index (χ1) is 10.2. The first-order valence-electron chi connectivity index (χ1n) is 8.23. The van der Waals surface area contributed by atoms with Crippen molar-refractivity contribution in [1.29, 1.82) is 5.26 Å².